The summed E-state index contributed by atoms with van der Waals surface area (Å²) >= 11 is 0. The van der Waals surface area contributed by atoms with Gasteiger partial charge in [-0.05, 0) is 30.9 Å². The van der Waals surface area contributed by atoms with Crippen molar-refractivity contribution in [3.63, 3.8) is 0 Å². The van der Waals surface area contributed by atoms with Crippen LogP contribution >= 0.6 is 0 Å². The van der Waals surface area contributed by atoms with Gasteiger partial charge in [-0.15, -0.1) is 0 Å². The Labute approximate surface area is 110 Å². The number of nitrogens with zero attached hydrogens (tertiary/aromatic N) is 1. The predicted molar refractivity (Wildman–Crippen MR) is 74.6 cm³/mol. The molecule has 2 rings (SSSR count). The van der Waals surface area contributed by atoms with Crippen LogP contribution in [0, 0.1) is 12.8 Å². The molecule has 1 aromatic rings. The van der Waals surface area contributed by atoms with Gasteiger partial charge in [0.1, 0.15) is 0 Å². The number of benzene rings is 1. The molecule has 1 aromatic carbocycles. The summed E-state index contributed by atoms with van der Waals surface area (Å²) in [7, 11) is 0. The van der Waals surface area contributed by atoms with Crippen LogP contribution in [0.2, 0.25) is 0 Å². The van der Waals surface area contributed by atoms with Gasteiger partial charge in [-0.25, -0.2) is 0 Å². The van der Waals surface area contributed by atoms with Gasteiger partial charge in [0.2, 0.25) is 5.91 Å². The second kappa shape index (κ2) is 5.55. The molecule has 0 N–H and O–H groups in total. The molecule has 1 aliphatic rings. The normalized spacial score (nSPS) is 21.1. The molecule has 18 heavy (non-hydrogen) atoms. The second-order valence-electron chi connectivity index (χ2n) is 5.44. The third-order valence-electron chi connectivity index (χ3n) is 4.16. The number of hydrogen-bond acceptors (Lipinski definition) is 1. The van der Waals surface area contributed by atoms with E-state index < -0.39 is 0 Å². The molecule has 0 spiro atoms. The minimum atomic E-state index is 0.167. The molecule has 0 bridgehead atoms. The summed E-state index contributed by atoms with van der Waals surface area (Å²) in [5.41, 5.74) is 2.76. The first-order valence-corrected chi connectivity index (χ1v) is 6.97. The van der Waals surface area contributed by atoms with Crippen LogP contribution in [0.5, 0.6) is 0 Å². The van der Waals surface area contributed by atoms with Gasteiger partial charge < -0.3 is 4.90 Å². The molecule has 1 amide bonds. The number of hydrogen-bond donors (Lipinski definition) is 0. The van der Waals surface area contributed by atoms with Crippen LogP contribution in [-0.4, -0.2) is 23.9 Å². The van der Waals surface area contributed by atoms with Crippen LogP contribution in [0.3, 0.4) is 0 Å². The largest absolute Gasteiger partial charge is 0.342 e. The van der Waals surface area contributed by atoms with Crippen LogP contribution in [0.4, 0.5) is 0 Å². The highest BCUT2D eigenvalue weighted by Gasteiger charge is 2.29. The fourth-order valence-corrected chi connectivity index (χ4v) is 2.75. The summed E-state index contributed by atoms with van der Waals surface area (Å²) in [4.78, 5) is 14.2. The van der Waals surface area contributed by atoms with E-state index in [1.165, 1.54) is 11.1 Å². The van der Waals surface area contributed by atoms with Crippen LogP contribution in [-0.2, 0) is 4.79 Å². The number of carbonyl (C=O) groups excluding carboxylic acids is 1. The molecular formula is C16H23NO. The highest BCUT2D eigenvalue weighted by Crippen LogP contribution is 2.30. The standard InChI is InChI=1S/C16H23NO/c1-4-12(2)16(18)17-10-9-14(11-17)15-8-6-5-7-13(15)3/h5-8,12,14H,4,9-11H2,1-3H3/t12-,14+/m0/s1. The SMILES string of the molecule is CC[C@H](C)C(=O)N1CC[C@@H](c2ccccc2C)C1. The van der Waals surface area contributed by atoms with Gasteiger partial charge in [0, 0.05) is 24.9 Å². The maximum atomic E-state index is 12.2. The second-order valence-corrected chi connectivity index (χ2v) is 5.44. The molecule has 0 unspecified atom stereocenters. The molecule has 0 aliphatic carbocycles. The third-order valence-corrected chi connectivity index (χ3v) is 4.16. The number of carbonyl (C=O) groups is 1. The maximum absolute atomic E-state index is 12.2. The molecule has 1 heterocycles. The Hall–Kier alpha value is -1.31. The minimum Gasteiger partial charge on any atom is -0.342 e. The number of rotatable bonds is 3. The van der Waals surface area contributed by atoms with Crippen molar-refractivity contribution in [3.8, 4) is 0 Å². The van der Waals surface area contributed by atoms with E-state index in [2.05, 4.69) is 38.1 Å². The van der Waals surface area contributed by atoms with E-state index in [9.17, 15) is 4.79 Å². The van der Waals surface area contributed by atoms with Gasteiger partial charge in [-0.1, -0.05) is 38.1 Å². The van der Waals surface area contributed by atoms with Gasteiger partial charge in [0.15, 0.2) is 0 Å². The lowest BCUT2D eigenvalue weighted by Crippen LogP contribution is -2.32. The van der Waals surface area contributed by atoms with Gasteiger partial charge in [-0.2, -0.15) is 0 Å². The molecular weight excluding hydrogens is 222 g/mol. The predicted octanol–water partition coefficient (Wildman–Crippen LogP) is 3.36. The zero-order valence-corrected chi connectivity index (χ0v) is 11.6. The Morgan fingerprint density at radius 3 is 2.83 bits per heavy atom. The van der Waals surface area contributed by atoms with Crippen LogP contribution < -0.4 is 0 Å². The van der Waals surface area contributed by atoms with Gasteiger partial charge in [0.05, 0.1) is 0 Å². The van der Waals surface area contributed by atoms with Crippen LogP contribution in [0.25, 0.3) is 0 Å². The molecule has 2 atom stereocenters. The van der Waals surface area contributed by atoms with E-state index in [0.29, 0.717) is 11.8 Å². The zero-order valence-electron chi connectivity index (χ0n) is 11.6. The Morgan fingerprint density at radius 2 is 2.17 bits per heavy atom. The van der Waals surface area contributed by atoms with Crippen molar-refractivity contribution in [3.05, 3.63) is 35.4 Å². The first kappa shape index (κ1) is 13.1. The first-order valence-electron chi connectivity index (χ1n) is 6.97. The summed E-state index contributed by atoms with van der Waals surface area (Å²) < 4.78 is 0. The molecule has 0 radical (unpaired) electrons. The van der Waals surface area contributed by atoms with Gasteiger partial charge in [0.25, 0.3) is 0 Å². The summed E-state index contributed by atoms with van der Waals surface area (Å²) in [6.07, 6.45) is 2.04. The van der Waals surface area contributed by atoms with Crippen molar-refractivity contribution in [2.75, 3.05) is 13.1 Å². The van der Waals surface area contributed by atoms with Crippen molar-refractivity contribution >= 4 is 5.91 Å². The number of aryl methyl sites for hydroxylation is 1. The third kappa shape index (κ3) is 2.58. The van der Waals surface area contributed by atoms with Crippen molar-refractivity contribution in [2.24, 2.45) is 5.92 Å². The lowest BCUT2D eigenvalue weighted by molar-refractivity contribution is -0.134. The highest BCUT2D eigenvalue weighted by atomic mass is 16.2. The van der Waals surface area contributed by atoms with E-state index in [1.807, 2.05) is 11.8 Å². The Kier molecular flexibility index (Phi) is 4.05. The molecule has 1 aliphatic heterocycles. The minimum absolute atomic E-state index is 0.167. The van der Waals surface area contributed by atoms with E-state index in [-0.39, 0.29) is 5.92 Å². The Bertz CT molecular complexity index is 427. The van der Waals surface area contributed by atoms with E-state index >= 15 is 0 Å². The number of amides is 1. The molecule has 2 heteroatoms. The van der Waals surface area contributed by atoms with E-state index in [1.54, 1.807) is 0 Å². The average molecular weight is 245 g/mol. The van der Waals surface area contributed by atoms with Crippen LogP contribution in [0.15, 0.2) is 24.3 Å². The van der Waals surface area contributed by atoms with Crippen molar-refractivity contribution in [1.29, 1.82) is 0 Å². The quantitative estimate of drug-likeness (QED) is 0.799. The molecule has 2 nitrogen and oxygen atoms in total. The lowest BCUT2D eigenvalue weighted by atomic mass is 9.94. The Balaban J connectivity index is 2.05. The fraction of sp³-hybridized carbons (Fsp3) is 0.562. The van der Waals surface area contributed by atoms with Crippen molar-refractivity contribution < 1.29 is 4.79 Å². The molecule has 1 fully saturated rings. The zero-order chi connectivity index (χ0) is 13.1. The summed E-state index contributed by atoms with van der Waals surface area (Å²) in [6.45, 7) is 8.09. The topological polar surface area (TPSA) is 20.3 Å². The van der Waals surface area contributed by atoms with Gasteiger partial charge in [-0.3, -0.25) is 4.79 Å². The van der Waals surface area contributed by atoms with E-state index in [4.69, 9.17) is 0 Å². The number of likely N-dealkylation sites (tertiary alicyclic amines) is 1. The van der Waals surface area contributed by atoms with Crippen molar-refractivity contribution in [2.45, 2.75) is 39.5 Å². The first-order chi connectivity index (χ1) is 8.63. The summed E-state index contributed by atoms with van der Waals surface area (Å²) in [5, 5.41) is 0. The van der Waals surface area contributed by atoms with Crippen LogP contribution in [0.1, 0.15) is 43.7 Å². The van der Waals surface area contributed by atoms with Gasteiger partial charge >= 0.3 is 0 Å². The molecule has 98 valence electrons. The fourth-order valence-electron chi connectivity index (χ4n) is 2.75. The summed E-state index contributed by atoms with van der Waals surface area (Å²) in [6, 6.07) is 8.54. The monoisotopic (exact) mass is 245 g/mol. The summed E-state index contributed by atoms with van der Waals surface area (Å²) in [5.74, 6) is 1.02. The maximum Gasteiger partial charge on any atom is 0.225 e. The molecule has 0 aromatic heterocycles. The lowest BCUT2D eigenvalue weighted by Gasteiger charge is -2.20. The Morgan fingerprint density at radius 1 is 1.44 bits per heavy atom. The van der Waals surface area contributed by atoms with Crippen molar-refractivity contribution in [1.82, 2.24) is 4.90 Å². The van der Waals surface area contributed by atoms with E-state index in [0.717, 1.165) is 25.9 Å². The smallest absolute Gasteiger partial charge is 0.225 e. The highest BCUT2D eigenvalue weighted by molar-refractivity contribution is 5.78. The molecule has 1 saturated heterocycles. The molecule has 0 saturated carbocycles. The average Bonchev–Trinajstić information content (AvgIpc) is 2.87.